The number of rotatable bonds is 6. The third kappa shape index (κ3) is 4.55. The van der Waals surface area contributed by atoms with Crippen molar-refractivity contribution in [3.8, 4) is 0 Å². The first-order chi connectivity index (χ1) is 11.6. The summed E-state index contributed by atoms with van der Waals surface area (Å²) in [5.74, 6) is -0.356. The van der Waals surface area contributed by atoms with E-state index in [4.69, 9.17) is 11.6 Å². The highest BCUT2D eigenvalue weighted by molar-refractivity contribution is 9.10. The van der Waals surface area contributed by atoms with Crippen LogP contribution in [0.15, 0.2) is 10.7 Å². The molecular weight excluding hydrogens is 427 g/mol. The molecule has 0 aliphatic rings. The summed E-state index contributed by atoms with van der Waals surface area (Å²) in [6, 6.07) is 0. The van der Waals surface area contributed by atoms with E-state index >= 15 is 0 Å². The first-order valence-corrected chi connectivity index (χ1v) is 8.63. The largest absolute Gasteiger partial charge is 0.436 e. The van der Waals surface area contributed by atoms with Gasteiger partial charge in [-0.1, -0.05) is 11.6 Å². The molecular formula is C14H16BrClF3N5O. The van der Waals surface area contributed by atoms with E-state index in [-0.39, 0.29) is 30.4 Å². The second-order valence-electron chi connectivity index (χ2n) is 5.26. The van der Waals surface area contributed by atoms with Crippen molar-refractivity contribution < 1.29 is 18.0 Å². The zero-order chi connectivity index (χ0) is 18.8. The van der Waals surface area contributed by atoms with Crippen LogP contribution in [0.2, 0.25) is 5.02 Å². The van der Waals surface area contributed by atoms with E-state index < -0.39 is 16.9 Å². The minimum atomic E-state index is -4.59. The molecule has 0 saturated carbocycles. The van der Waals surface area contributed by atoms with Gasteiger partial charge in [0.25, 0.3) is 5.91 Å². The number of nitrogens with zero attached hydrogens (tertiary/aromatic N) is 4. The zero-order valence-corrected chi connectivity index (χ0v) is 15.8. The van der Waals surface area contributed by atoms with E-state index in [2.05, 4.69) is 31.4 Å². The Hall–Kier alpha value is -1.55. The molecule has 0 fully saturated rings. The number of amides is 1. The molecule has 0 aromatic carbocycles. The van der Waals surface area contributed by atoms with Gasteiger partial charge < -0.3 is 5.32 Å². The molecule has 0 aliphatic heterocycles. The van der Waals surface area contributed by atoms with Crippen LogP contribution in [0.3, 0.4) is 0 Å². The van der Waals surface area contributed by atoms with Gasteiger partial charge >= 0.3 is 6.18 Å². The summed E-state index contributed by atoms with van der Waals surface area (Å²) in [5, 5.41) is 9.91. The van der Waals surface area contributed by atoms with Crippen molar-refractivity contribution in [3.63, 3.8) is 0 Å². The van der Waals surface area contributed by atoms with Gasteiger partial charge in [0.05, 0.1) is 15.2 Å². The lowest BCUT2D eigenvalue weighted by Gasteiger charge is -2.06. The third-order valence-electron chi connectivity index (χ3n) is 3.49. The molecule has 2 aromatic rings. The Balaban J connectivity index is 1.91. The van der Waals surface area contributed by atoms with Crippen LogP contribution in [-0.4, -0.2) is 32.0 Å². The van der Waals surface area contributed by atoms with Crippen LogP contribution in [0.1, 0.15) is 35.2 Å². The van der Waals surface area contributed by atoms with E-state index in [1.807, 2.05) is 6.92 Å². The van der Waals surface area contributed by atoms with E-state index in [0.29, 0.717) is 17.4 Å². The number of carbonyl (C=O) groups excluding carboxylic acids is 1. The van der Waals surface area contributed by atoms with E-state index in [1.165, 1.54) is 11.6 Å². The molecule has 0 aliphatic carbocycles. The van der Waals surface area contributed by atoms with Gasteiger partial charge in [-0.2, -0.15) is 23.4 Å². The Morgan fingerprint density at radius 3 is 2.60 bits per heavy atom. The standard InChI is InChI=1S/C14H16BrClF3N5O/c1-3-23-7-9(15)11(21-23)13(25)20-5-4-6-24-8(2)10(16)12(22-24)14(17,18)19/h7H,3-6H2,1-2H3,(H,20,25). The quantitative estimate of drug-likeness (QED) is 0.695. The fourth-order valence-electron chi connectivity index (χ4n) is 2.15. The fourth-order valence-corrected chi connectivity index (χ4v) is 2.89. The van der Waals surface area contributed by atoms with Crippen LogP contribution in [0.4, 0.5) is 13.2 Å². The van der Waals surface area contributed by atoms with Crippen LogP contribution in [-0.2, 0) is 19.3 Å². The second-order valence-corrected chi connectivity index (χ2v) is 6.49. The maximum absolute atomic E-state index is 12.8. The second kappa shape index (κ2) is 7.77. The fraction of sp³-hybridized carbons (Fsp3) is 0.500. The molecule has 2 heterocycles. The van der Waals surface area contributed by atoms with Crippen LogP contribution in [0, 0.1) is 6.92 Å². The van der Waals surface area contributed by atoms with Crippen molar-refractivity contribution in [2.45, 2.75) is 39.5 Å². The van der Waals surface area contributed by atoms with Crippen molar-refractivity contribution in [2.75, 3.05) is 6.54 Å². The lowest BCUT2D eigenvalue weighted by Crippen LogP contribution is -2.26. The summed E-state index contributed by atoms with van der Waals surface area (Å²) in [7, 11) is 0. The van der Waals surface area contributed by atoms with Gasteiger partial charge in [0.1, 0.15) is 0 Å². The Kier molecular flexibility index (Phi) is 6.15. The van der Waals surface area contributed by atoms with Gasteiger partial charge in [-0.05, 0) is 36.2 Å². The maximum atomic E-state index is 12.8. The number of alkyl halides is 3. The molecule has 0 radical (unpaired) electrons. The van der Waals surface area contributed by atoms with E-state index in [9.17, 15) is 18.0 Å². The lowest BCUT2D eigenvalue weighted by molar-refractivity contribution is -0.141. The van der Waals surface area contributed by atoms with Crippen molar-refractivity contribution in [1.82, 2.24) is 24.9 Å². The average molecular weight is 443 g/mol. The molecule has 2 aromatic heterocycles. The molecule has 11 heteroatoms. The number of aryl methyl sites for hydroxylation is 2. The lowest BCUT2D eigenvalue weighted by atomic mass is 10.3. The SMILES string of the molecule is CCn1cc(Br)c(C(=O)NCCCn2nc(C(F)(F)F)c(Cl)c2C)n1. The molecule has 2 rings (SSSR count). The van der Waals surface area contributed by atoms with E-state index in [0.717, 1.165) is 0 Å². The molecule has 0 spiro atoms. The highest BCUT2D eigenvalue weighted by Crippen LogP contribution is 2.35. The van der Waals surface area contributed by atoms with E-state index in [1.54, 1.807) is 10.9 Å². The Labute approximate surface area is 155 Å². The van der Waals surface area contributed by atoms with Gasteiger partial charge in [-0.25, -0.2) is 0 Å². The number of nitrogens with one attached hydrogen (secondary N) is 1. The highest BCUT2D eigenvalue weighted by Gasteiger charge is 2.38. The minimum absolute atomic E-state index is 0.201. The van der Waals surface area contributed by atoms with Gasteiger partial charge in [0.15, 0.2) is 11.4 Å². The van der Waals surface area contributed by atoms with Crippen LogP contribution in [0.25, 0.3) is 0 Å². The number of hydrogen-bond acceptors (Lipinski definition) is 3. The molecule has 138 valence electrons. The number of aromatic nitrogens is 4. The normalized spacial score (nSPS) is 11.8. The summed E-state index contributed by atoms with van der Waals surface area (Å²) >= 11 is 8.95. The molecule has 6 nitrogen and oxygen atoms in total. The van der Waals surface area contributed by atoms with Crippen molar-refractivity contribution in [2.24, 2.45) is 0 Å². The van der Waals surface area contributed by atoms with Gasteiger partial charge in [-0.15, -0.1) is 0 Å². The summed E-state index contributed by atoms with van der Waals surface area (Å²) in [4.78, 5) is 12.1. The summed E-state index contributed by atoms with van der Waals surface area (Å²) in [6.07, 6.45) is -2.50. The molecule has 1 amide bonds. The Bertz CT molecular complexity index is 771. The zero-order valence-electron chi connectivity index (χ0n) is 13.5. The molecule has 1 N–H and O–H groups in total. The smallest absolute Gasteiger partial charge is 0.351 e. The number of carbonyl (C=O) groups is 1. The predicted octanol–water partition coefficient (Wildman–Crippen LogP) is 3.66. The third-order valence-corrected chi connectivity index (χ3v) is 4.52. The number of halogens is 5. The number of hydrogen-bond donors (Lipinski definition) is 1. The minimum Gasteiger partial charge on any atom is -0.351 e. The molecule has 0 bridgehead atoms. The molecule has 25 heavy (non-hydrogen) atoms. The maximum Gasteiger partial charge on any atom is 0.436 e. The van der Waals surface area contributed by atoms with Crippen molar-refractivity contribution >= 4 is 33.4 Å². The molecule has 0 saturated heterocycles. The van der Waals surface area contributed by atoms with Gasteiger partial charge in [0, 0.05) is 25.8 Å². The average Bonchev–Trinajstić information content (AvgIpc) is 3.05. The molecule has 0 unspecified atom stereocenters. The summed E-state index contributed by atoms with van der Waals surface area (Å²) < 4.78 is 41.7. The monoisotopic (exact) mass is 441 g/mol. The Morgan fingerprint density at radius 1 is 1.40 bits per heavy atom. The van der Waals surface area contributed by atoms with Crippen LogP contribution in [0.5, 0.6) is 0 Å². The summed E-state index contributed by atoms with van der Waals surface area (Å²) in [6.45, 7) is 4.47. The predicted molar refractivity (Wildman–Crippen MR) is 89.5 cm³/mol. The van der Waals surface area contributed by atoms with Crippen LogP contribution >= 0.6 is 27.5 Å². The topological polar surface area (TPSA) is 64.7 Å². The van der Waals surface area contributed by atoms with Gasteiger partial charge in [-0.3, -0.25) is 14.2 Å². The van der Waals surface area contributed by atoms with Crippen LogP contribution < -0.4 is 5.32 Å². The van der Waals surface area contributed by atoms with Crippen molar-refractivity contribution in [3.05, 3.63) is 32.8 Å². The van der Waals surface area contributed by atoms with Crippen molar-refractivity contribution in [1.29, 1.82) is 0 Å². The summed E-state index contributed by atoms with van der Waals surface area (Å²) in [5.41, 5.74) is -0.589. The first kappa shape index (κ1) is 19.8. The molecule has 0 atom stereocenters. The highest BCUT2D eigenvalue weighted by atomic mass is 79.9. The Morgan fingerprint density at radius 2 is 2.08 bits per heavy atom. The van der Waals surface area contributed by atoms with Gasteiger partial charge in [0.2, 0.25) is 0 Å². The first-order valence-electron chi connectivity index (χ1n) is 7.46.